The Balaban J connectivity index is 1.48. The van der Waals surface area contributed by atoms with Gasteiger partial charge in [-0.2, -0.15) is 0 Å². The molecule has 0 saturated carbocycles. The van der Waals surface area contributed by atoms with E-state index in [-0.39, 0.29) is 43.0 Å². The van der Waals surface area contributed by atoms with E-state index < -0.39 is 0 Å². The largest absolute Gasteiger partial charge is 0.394 e. The van der Waals surface area contributed by atoms with Crippen LogP contribution in [0.1, 0.15) is 36.0 Å². The summed E-state index contributed by atoms with van der Waals surface area (Å²) in [5, 5.41) is 9.88. The highest BCUT2D eigenvalue weighted by Gasteiger charge is 2.54. The number of aliphatic hydroxyl groups is 1. The minimum atomic E-state index is -0.226. The average molecular weight is 402 g/mol. The molecule has 0 aliphatic carbocycles. The van der Waals surface area contributed by atoms with E-state index in [0.29, 0.717) is 19.4 Å². The number of hydrogen-bond donors (Lipinski definition) is 1. The average Bonchev–Trinajstić information content (AvgIpc) is 2.76. The van der Waals surface area contributed by atoms with Gasteiger partial charge in [0.1, 0.15) is 0 Å². The first-order valence-corrected chi connectivity index (χ1v) is 10.4. The van der Waals surface area contributed by atoms with Crippen molar-refractivity contribution < 1.29 is 14.7 Å². The van der Waals surface area contributed by atoms with E-state index in [1.807, 2.05) is 49.4 Å². The van der Waals surface area contributed by atoms with Gasteiger partial charge in [0.05, 0.1) is 25.2 Å². The maximum Gasteiger partial charge on any atom is 0.242 e. The predicted molar refractivity (Wildman–Crippen MR) is 115 cm³/mol. The van der Waals surface area contributed by atoms with Crippen molar-refractivity contribution in [1.29, 1.82) is 0 Å². The van der Waals surface area contributed by atoms with Crippen molar-refractivity contribution in [2.75, 3.05) is 19.7 Å². The highest BCUT2D eigenvalue weighted by atomic mass is 16.3. The fourth-order valence-electron chi connectivity index (χ4n) is 4.55. The number of amides is 2. The summed E-state index contributed by atoms with van der Waals surface area (Å²) in [5.74, 6) is 6.35. The van der Waals surface area contributed by atoms with Crippen LogP contribution in [0.2, 0.25) is 0 Å². The zero-order chi connectivity index (χ0) is 21.1. The van der Waals surface area contributed by atoms with Gasteiger partial charge in [0, 0.05) is 30.9 Å². The van der Waals surface area contributed by atoms with E-state index in [4.69, 9.17) is 0 Å². The normalized spacial score (nSPS) is 22.6. The Bertz CT molecular complexity index is 975. The molecule has 0 radical (unpaired) electrons. The van der Waals surface area contributed by atoms with Crippen LogP contribution in [0.5, 0.6) is 0 Å². The first kappa shape index (κ1) is 20.2. The van der Waals surface area contributed by atoms with Gasteiger partial charge in [-0.3, -0.25) is 9.59 Å². The van der Waals surface area contributed by atoms with Crippen LogP contribution in [0.15, 0.2) is 54.6 Å². The highest BCUT2D eigenvalue weighted by Crippen LogP contribution is 2.42. The Morgan fingerprint density at radius 2 is 1.87 bits per heavy atom. The van der Waals surface area contributed by atoms with Crippen LogP contribution >= 0.6 is 0 Å². The summed E-state index contributed by atoms with van der Waals surface area (Å²) in [7, 11) is 0. The molecular formula is C25H26N2O3. The molecule has 154 valence electrons. The molecule has 5 nitrogen and oxygen atoms in total. The summed E-state index contributed by atoms with van der Waals surface area (Å²) in [6.45, 7) is 2.37. The van der Waals surface area contributed by atoms with E-state index in [1.165, 1.54) is 5.56 Å². The van der Waals surface area contributed by atoms with Gasteiger partial charge in [-0.25, -0.2) is 0 Å². The number of benzene rings is 2. The van der Waals surface area contributed by atoms with Crippen molar-refractivity contribution in [1.82, 2.24) is 9.80 Å². The maximum atomic E-state index is 12.5. The van der Waals surface area contributed by atoms with E-state index in [2.05, 4.69) is 24.0 Å². The molecule has 3 atom stereocenters. The minimum absolute atomic E-state index is 0.00163. The highest BCUT2D eigenvalue weighted by molar-refractivity contribution is 5.87. The Labute approximate surface area is 177 Å². The van der Waals surface area contributed by atoms with Crippen molar-refractivity contribution in [3.05, 3.63) is 71.3 Å². The quantitative estimate of drug-likeness (QED) is 0.798. The van der Waals surface area contributed by atoms with E-state index in [9.17, 15) is 14.7 Å². The first-order chi connectivity index (χ1) is 14.6. The lowest BCUT2D eigenvalue weighted by Crippen LogP contribution is -2.73. The third-order valence-electron chi connectivity index (χ3n) is 6.07. The topological polar surface area (TPSA) is 60.9 Å². The number of hydrogen-bond acceptors (Lipinski definition) is 3. The number of aliphatic hydroxyl groups excluding tert-OH is 1. The zero-order valence-corrected chi connectivity index (χ0v) is 17.1. The van der Waals surface area contributed by atoms with Crippen LogP contribution in [0, 0.1) is 11.8 Å². The second-order valence-corrected chi connectivity index (χ2v) is 7.86. The second kappa shape index (κ2) is 8.73. The summed E-state index contributed by atoms with van der Waals surface area (Å²) in [6, 6.07) is 17.9. The number of piperazine rings is 1. The molecule has 0 unspecified atom stereocenters. The molecule has 0 bridgehead atoms. The molecule has 2 aliphatic rings. The molecule has 2 aromatic rings. The van der Waals surface area contributed by atoms with Crippen molar-refractivity contribution in [2.24, 2.45) is 0 Å². The van der Waals surface area contributed by atoms with Crippen LogP contribution in [0.25, 0.3) is 0 Å². The summed E-state index contributed by atoms with van der Waals surface area (Å²) in [5.41, 5.74) is 3.20. The van der Waals surface area contributed by atoms with Gasteiger partial charge in [-0.05, 0) is 23.3 Å². The third kappa shape index (κ3) is 3.83. The number of carbonyl (C=O) groups is 2. The predicted octanol–water partition coefficient (Wildman–Crippen LogP) is 2.19. The zero-order valence-electron chi connectivity index (χ0n) is 17.1. The summed E-state index contributed by atoms with van der Waals surface area (Å²) in [6.07, 6.45) is 1.10. The van der Waals surface area contributed by atoms with Gasteiger partial charge >= 0.3 is 0 Å². The number of fused-ring (bicyclic) bond motifs is 1. The van der Waals surface area contributed by atoms with E-state index >= 15 is 0 Å². The summed E-state index contributed by atoms with van der Waals surface area (Å²) < 4.78 is 0. The van der Waals surface area contributed by atoms with Crippen molar-refractivity contribution >= 4 is 11.8 Å². The SMILES string of the molecule is CCC(=O)N1CC(=O)N2[C@H](CO)[C@@H](c3ccc(C#CCc4ccccc4)cc3)[C@H]2C1. The van der Waals surface area contributed by atoms with E-state index in [0.717, 1.165) is 11.1 Å². The number of rotatable bonds is 4. The van der Waals surface area contributed by atoms with Crippen LogP contribution in [0.3, 0.4) is 0 Å². The Morgan fingerprint density at radius 1 is 1.13 bits per heavy atom. The molecule has 2 amide bonds. The van der Waals surface area contributed by atoms with Crippen LogP contribution < -0.4 is 0 Å². The van der Waals surface area contributed by atoms with Gasteiger partial charge < -0.3 is 14.9 Å². The lowest BCUT2D eigenvalue weighted by Gasteiger charge is -2.58. The molecule has 2 heterocycles. The van der Waals surface area contributed by atoms with Gasteiger partial charge in [0.15, 0.2) is 0 Å². The molecule has 30 heavy (non-hydrogen) atoms. The van der Waals surface area contributed by atoms with Crippen molar-refractivity contribution in [2.45, 2.75) is 37.8 Å². The van der Waals surface area contributed by atoms with Crippen molar-refractivity contribution in [3.63, 3.8) is 0 Å². The molecule has 1 N–H and O–H groups in total. The lowest BCUT2D eigenvalue weighted by molar-refractivity contribution is -0.166. The van der Waals surface area contributed by atoms with Crippen molar-refractivity contribution in [3.8, 4) is 11.8 Å². The molecule has 0 spiro atoms. The standard InChI is InChI=1S/C25H26N2O3/c1-2-23(29)26-15-21-25(22(17-28)27(21)24(30)16-26)20-13-11-19(12-14-20)10-6-9-18-7-4-3-5-8-18/h3-5,7-8,11-14,21-22,25,28H,2,9,15-17H2,1H3/t21-,22-,25+/m1/s1. The fraction of sp³-hybridized carbons (Fsp3) is 0.360. The Kier molecular flexibility index (Phi) is 5.87. The molecule has 2 saturated heterocycles. The smallest absolute Gasteiger partial charge is 0.242 e. The van der Waals surface area contributed by atoms with Gasteiger partial charge in [-0.15, -0.1) is 0 Å². The molecule has 2 fully saturated rings. The summed E-state index contributed by atoms with van der Waals surface area (Å²) in [4.78, 5) is 28.1. The van der Waals surface area contributed by atoms with Crippen LogP contribution in [0.4, 0.5) is 0 Å². The van der Waals surface area contributed by atoms with E-state index in [1.54, 1.807) is 9.80 Å². The summed E-state index contributed by atoms with van der Waals surface area (Å²) >= 11 is 0. The van der Waals surface area contributed by atoms with Gasteiger partial charge in [0.2, 0.25) is 11.8 Å². The van der Waals surface area contributed by atoms with Gasteiger partial charge in [-0.1, -0.05) is 61.2 Å². The number of carbonyl (C=O) groups excluding carboxylic acids is 2. The van der Waals surface area contributed by atoms with Gasteiger partial charge in [0.25, 0.3) is 0 Å². The lowest BCUT2D eigenvalue weighted by atomic mass is 9.73. The van der Waals surface area contributed by atoms with Crippen LogP contribution in [-0.4, -0.2) is 58.5 Å². The molecular weight excluding hydrogens is 376 g/mol. The molecule has 5 heteroatoms. The third-order valence-corrected chi connectivity index (χ3v) is 6.07. The minimum Gasteiger partial charge on any atom is -0.394 e. The Morgan fingerprint density at radius 3 is 2.53 bits per heavy atom. The molecule has 4 rings (SSSR count). The molecule has 2 aromatic carbocycles. The Hall–Kier alpha value is -3.10. The first-order valence-electron chi connectivity index (χ1n) is 10.4. The maximum absolute atomic E-state index is 12.5. The molecule has 0 aromatic heterocycles. The monoisotopic (exact) mass is 402 g/mol. The number of nitrogens with zero attached hydrogens (tertiary/aromatic N) is 2. The van der Waals surface area contributed by atoms with Crippen LogP contribution in [-0.2, 0) is 16.0 Å². The second-order valence-electron chi connectivity index (χ2n) is 7.86. The fourth-order valence-corrected chi connectivity index (χ4v) is 4.55. The molecule has 2 aliphatic heterocycles.